The first-order chi connectivity index (χ1) is 23.8. The van der Waals surface area contributed by atoms with Gasteiger partial charge in [-0.3, -0.25) is 9.32 Å². The molecule has 0 unspecified atom stereocenters. The molecule has 0 aliphatic heterocycles. The lowest BCUT2D eigenvalue weighted by Crippen LogP contribution is -2.28. The van der Waals surface area contributed by atoms with E-state index in [0.717, 1.165) is 44.9 Å². The van der Waals surface area contributed by atoms with Crippen LogP contribution in [-0.4, -0.2) is 59.9 Å². The number of aliphatic hydroxyl groups is 1. The summed E-state index contributed by atoms with van der Waals surface area (Å²) in [6, 6.07) is 0. The fourth-order valence-corrected chi connectivity index (χ4v) is 5.86. The van der Waals surface area contributed by atoms with Gasteiger partial charge in [0, 0.05) is 19.6 Å². The zero-order valence-corrected chi connectivity index (χ0v) is 32.9. The Kier molecular flexibility index (Phi) is 42.7. The van der Waals surface area contributed by atoms with Crippen molar-refractivity contribution in [2.24, 2.45) is 5.73 Å². The summed E-state index contributed by atoms with van der Waals surface area (Å²) in [5.74, 6) is -0.368. The Morgan fingerprint density at radius 2 is 1.02 bits per heavy atom. The molecule has 5 N–H and O–H groups in total. The number of hydrogen-bond donors (Lipinski definition) is 4. The molecule has 0 aromatic rings. The molecule has 0 fully saturated rings. The third-order valence-electron chi connectivity index (χ3n) is 8.44. The minimum absolute atomic E-state index is 0.0799. The van der Waals surface area contributed by atoms with Crippen LogP contribution in [0.5, 0.6) is 0 Å². The van der Waals surface area contributed by atoms with E-state index in [1.54, 1.807) is 0 Å². The number of phosphoric acid groups is 1. The number of esters is 1. The van der Waals surface area contributed by atoms with Gasteiger partial charge in [0.2, 0.25) is 0 Å². The van der Waals surface area contributed by atoms with Crippen LogP contribution in [0.4, 0.5) is 0 Å². The molecule has 1 atom stereocenters. The molecule has 0 aromatic carbocycles. The minimum Gasteiger partial charge on any atom is -0.457 e. The van der Waals surface area contributed by atoms with E-state index >= 15 is 0 Å². The molecule has 0 saturated heterocycles. The van der Waals surface area contributed by atoms with Gasteiger partial charge < -0.3 is 30.1 Å². The fourth-order valence-electron chi connectivity index (χ4n) is 5.49. The Bertz CT molecular complexity index is 732. The van der Waals surface area contributed by atoms with Crippen molar-refractivity contribution in [1.82, 2.24) is 0 Å². The Morgan fingerprint density at radius 3 is 1.43 bits per heavy atom. The van der Waals surface area contributed by atoms with Crippen LogP contribution < -0.4 is 5.73 Å². The molecule has 9 nitrogen and oxygen atoms in total. The molecule has 0 saturated carbocycles. The Balaban J connectivity index is 0. The van der Waals surface area contributed by atoms with Gasteiger partial charge in [0.1, 0.15) is 6.10 Å². The van der Waals surface area contributed by atoms with Crippen LogP contribution in [0.15, 0.2) is 12.2 Å². The smallest absolute Gasteiger partial charge is 0.457 e. The number of carbonyl (C=O) groups excluding carboxylic acids is 1. The van der Waals surface area contributed by atoms with Crippen molar-refractivity contribution >= 4 is 13.8 Å². The number of nitrogens with two attached hydrogens (primary N) is 1. The second kappa shape index (κ2) is 41.6. The summed E-state index contributed by atoms with van der Waals surface area (Å²) in [6.07, 6.45) is 37.7. The first kappa shape index (κ1) is 50.3. The summed E-state index contributed by atoms with van der Waals surface area (Å²) < 4.78 is 26.9. The maximum absolute atomic E-state index is 12.3. The minimum atomic E-state index is -4.64. The van der Waals surface area contributed by atoms with E-state index in [1.807, 2.05) is 0 Å². The van der Waals surface area contributed by atoms with Gasteiger partial charge in [0.25, 0.3) is 0 Å². The highest BCUT2D eigenvalue weighted by molar-refractivity contribution is 7.46. The van der Waals surface area contributed by atoms with Gasteiger partial charge in [-0.25, -0.2) is 4.57 Å². The van der Waals surface area contributed by atoms with E-state index in [1.165, 1.54) is 128 Å². The highest BCUT2D eigenvalue weighted by Crippen LogP contribution is 2.36. The number of hydrogen-bond acceptors (Lipinski definition) is 7. The first-order valence-corrected chi connectivity index (χ1v) is 21.8. The highest BCUT2D eigenvalue weighted by atomic mass is 31.2. The number of ether oxygens (including phenoxy) is 2. The molecule has 0 amide bonds. The zero-order chi connectivity index (χ0) is 36.5. The lowest BCUT2D eigenvalue weighted by Gasteiger charge is -2.18. The third-order valence-corrected chi connectivity index (χ3v) is 8.93. The first-order valence-electron chi connectivity index (χ1n) is 20.2. The number of unbranched alkanes of at least 4 members (excludes halogenated alkanes) is 24. The molecule has 0 rings (SSSR count). The Morgan fingerprint density at radius 1 is 0.633 bits per heavy atom. The van der Waals surface area contributed by atoms with Crippen LogP contribution in [0.1, 0.15) is 194 Å². The Hall–Kier alpha value is -0.800. The summed E-state index contributed by atoms with van der Waals surface area (Å²) in [5.41, 5.74) is 4.78. The van der Waals surface area contributed by atoms with Gasteiger partial charge in [0.15, 0.2) is 0 Å². The molecule has 294 valence electrons. The summed E-state index contributed by atoms with van der Waals surface area (Å²) >= 11 is 0. The largest absolute Gasteiger partial charge is 0.469 e. The van der Waals surface area contributed by atoms with Gasteiger partial charge in [-0.15, -0.1) is 0 Å². The van der Waals surface area contributed by atoms with Crippen LogP contribution in [0, 0.1) is 0 Å². The third kappa shape index (κ3) is 47.2. The SMILES string of the molecule is CCCCCCCC/C=C\CCCCCCCC(=O)O[C@H](COCCCCCCCCCCCCCCCC)COP(=O)(O)O.NCCO. The maximum Gasteiger partial charge on any atom is 0.469 e. The van der Waals surface area contributed by atoms with Crippen molar-refractivity contribution in [2.45, 2.75) is 200 Å². The average molecular weight is 722 g/mol. The van der Waals surface area contributed by atoms with Gasteiger partial charge in [-0.1, -0.05) is 161 Å². The summed E-state index contributed by atoms with van der Waals surface area (Å²) in [4.78, 5) is 30.5. The highest BCUT2D eigenvalue weighted by Gasteiger charge is 2.21. The number of phosphoric ester groups is 1. The van der Waals surface area contributed by atoms with Crippen molar-refractivity contribution in [3.05, 3.63) is 12.2 Å². The molecule has 0 aromatic heterocycles. The van der Waals surface area contributed by atoms with E-state index in [4.69, 9.17) is 30.1 Å². The zero-order valence-electron chi connectivity index (χ0n) is 32.0. The monoisotopic (exact) mass is 722 g/mol. The van der Waals surface area contributed by atoms with Crippen molar-refractivity contribution in [1.29, 1.82) is 0 Å². The van der Waals surface area contributed by atoms with Crippen LogP contribution in [0.25, 0.3) is 0 Å². The lowest BCUT2D eigenvalue weighted by molar-refractivity contribution is -0.154. The van der Waals surface area contributed by atoms with Crippen molar-refractivity contribution in [2.75, 3.05) is 33.0 Å². The van der Waals surface area contributed by atoms with Crippen LogP contribution in [0.2, 0.25) is 0 Å². The number of rotatable bonds is 37. The van der Waals surface area contributed by atoms with Gasteiger partial charge in [-0.2, -0.15) is 0 Å². The predicted molar refractivity (Wildman–Crippen MR) is 205 cm³/mol. The molecule has 10 heteroatoms. The Labute approximate surface area is 302 Å². The topological polar surface area (TPSA) is 149 Å². The maximum atomic E-state index is 12.3. The molecule has 49 heavy (non-hydrogen) atoms. The standard InChI is InChI=1S/C37H73O7P.C2H7NO/c1-3-5-7-9-11-13-15-17-19-20-22-24-26-28-30-32-37(38)44-36(35-43-45(39,40)41)34-42-33-31-29-27-25-23-21-18-16-14-12-10-8-6-4-2;3-1-2-4/h17,19,36H,3-16,18,20-35H2,1-2H3,(H2,39,40,41);4H,1-3H2/b19-17-;/t36-;/m1./s1. The van der Waals surface area contributed by atoms with Crippen molar-refractivity contribution in [3.63, 3.8) is 0 Å². The molecular weight excluding hydrogens is 641 g/mol. The predicted octanol–water partition coefficient (Wildman–Crippen LogP) is 10.5. The normalized spacial score (nSPS) is 12.3. The second-order valence-electron chi connectivity index (χ2n) is 13.4. The van der Waals surface area contributed by atoms with Gasteiger partial charge in [0.05, 0.1) is 19.8 Å². The lowest BCUT2D eigenvalue weighted by atomic mass is 10.0. The second-order valence-corrected chi connectivity index (χ2v) is 14.7. The number of aliphatic hydroxyl groups excluding tert-OH is 1. The van der Waals surface area contributed by atoms with Gasteiger partial charge in [-0.05, 0) is 38.5 Å². The average Bonchev–Trinajstić information content (AvgIpc) is 3.08. The molecule has 0 spiro atoms. The molecule has 0 radical (unpaired) electrons. The summed E-state index contributed by atoms with van der Waals surface area (Å²) in [5, 5.41) is 7.75. The van der Waals surface area contributed by atoms with Crippen LogP contribution in [-0.2, 0) is 23.4 Å². The number of allylic oxidation sites excluding steroid dienone is 2. The van der Waals surface area contributed by atoms with Crippen molar-refractivity contribution < 1.29 is 38.3 Å². The molecule has 0 heterocycles. The summed E-state index contributed by atoms with van der Waals surface area (Å²) in [6.45, 7) is 5.23. The summed E-state index contributed by atoms with van der Waals surface area (Å²) in [7, 11) is -4.64. The molecule has 0 aliphatic rings. The fraction of sp³-hybridized carbons (Fsp3) is 0.923. The van der Waals surface area contributed by atoms with E-state index in [9.17, 15) is 9.36 Å². The molecule has 0 aliphatic carbocycles. The quantitative estimate of drug-likeness (QED) is 0.0213. The van der Waals surface area contributed by atoms with E-state index in [2.05, 4.69) is 30.5 Å². The van der Waals surface area contributed by atoms with E-state index < -0.39 is 13.9 Å². The van der Waals surface area contributed by atoms with Crippen LogP contribution in [0.3, 0.4) is 0 Å². The van der Waals surface area contributed by atoms with E-state index in [-0.39, 0.29) is 25.8 Å². The molecule has 0 bridgehead atoms. The molecular formula is C39H80NO8P. The number of carbonyl (C=O) groups is 1. The van der Waals surface area contributed by atoms with Gasteiger partial charge >= 0.3 is 13.8 Å². The van der Waals surface area contributed by atoms with Crippen LogP contribution >= 0.6 is 7.82 Å². The van der Waals surface area contributed by atoms with Crippen molar-refractivity contribution in [3.8, 4) is 0 Å². The van der Waals surface area contributed by atoms with E-state index in [0.29, 0.717) is 19.6 Å².